The number of amides is 1. The highest BCUT2D eigenvalue weighted by molar-refractivity contribution is 5.81. The molecule has 1 atom stereocenters. The molecule has 7 heteroatoms. The molecule has 0 aromatic rings. The standard InChI is InChI=1S/C11H19F2NO4/c1-11(2,3)18-10(16)14-7(9(15)17-4)5-6-8(12)13/h7-8H,5-6H2,1-4H3,(H,14,16). The maximum Gasteiger partial charge on any atom is 0.408 e. The molecule has 0 saturated heterocycles. The van der Waals surface area contributed by atoms with E-state index >= 15 is 0 Å². The molecule has 5 nitrogen and oxygen atoms in total. The highest BCUT2D eigenvalue weighted by Gasteiger charge is 2.25. The highest BCUT2D eigenvalue weighted by Crippen LogP contribution is 2.10. The van der Waals surface area contributed by atoms with Crippen molar-refractivity contribution in [3.63, 3.8) is 0 Å². The number of nitrogens with one attached hydrogen (secondary N) is 1. The van der Waals surface area contributed by atoms with Gasteiger partial charge in [-0.2, -0.15) is 0 Å². The molecule has 0 saturated carbocycles. The predicted octanol–water partition coefficient (Wildman–Crippen LogP) is 2.10. The zero-order chi connectivity index (χ0) is 14.3. The van der Waals surface area contributed by atoms with E-state index in [0.717, 1.165) is 7.11 Å². The molecular formula is C11H19F2NO4. The van der Waals surface area contributed by atoms with Crippen LogP contribution in [0.3, 0.4) is 0 Å². The minimum Gasteiger partial charge on any atom is -0.467 e. The van der Waals surface area contributed by atoms with Crippen LogP contribution >= 0.6 is 0 Å². The second kappa shape index (κ2) is 7.13. The number of alkyl halides is 2. The minimum atomic E-state index is -2.54. The van der Waals surface area contributed by atoms with E-state index in [9.17, 15) is 18.4 Å². The molecule has 1 amide bonds. The summed E-state index contributed by atoms with van der Waals surface area (Å²) in [6.45, 7) is 4.96. The first-order valence-corrected chi connectivity index (χ1v) is 5.51. The molecule has 1 unspecified atom stereocenters. The molecule has 0 radical (unpaired) electrons. The molecular weight excluding hydrogens is 248 g/mol. The van der Waals surface area contributed by atoms with Gasteiger partial charge in [-0.3, -0.25) is 0 Å². The first-order valence-electron chi connectivity index (χ1n) is 5.51. The van der Waals surface area contributed by atoms with E-state index in [1.165, 1.54) is 0 Å². The smallest absolute Gasteiger partial charge is 0.408 e. The Balaban J connectivity index is 4.40. The quantitative estimate of drug-likeness (QED) is 0.775. The molecule has 0 bridgehead atoms. The number of hydrogen-bond acceptors (Lipinski definition) is 4. The lowest BCUT2D eigenvalue weighted by atomic mass is 10.1. The number of esters is 1. The lowest BCUT2D eigenvalue weighted by molar-refractivity contribution is -0.143. The van der Waals surface area contributed by atoms with Crippen LogP contribution in [0.15, 0.2) is 0 Å². The largest absolute Gasteiger partial charge is 0.467 e. The number of rotatable bonds is 5. The van der Waals surface area contributed by atoms with Gasteiger partial charge < -0.3 is 14.8 Å². The molecule has 1 N–H and O–H groups in total. The second-order valence-electron chi connectivity index (χ2n) is 4.69. The van der Waals surface area contributed by atoms with E-state index in [2.05, 4.69) is 10.1 Å². The van der Waals surface area contributed by atoms with Crippen LogP contribution < -0.4 is 5.32 Å². The van der Waals surface area contributed by atoms with Crippen molar-refractivity contribution >= 4 is 12.1 Å². The van der Waals surface area contributed by atoms with Gasteiger partial charge in [0.15, 0.2) is 0 Å². The molecule has 0 aliphatic rings. The number of methoxy groups -OCH3 is 1. The van der Waals surface area contributed by atoms with Crippen molar-refractivity contribution in [1.82, 2.24) is 5.32 Å². The first-order chi connectivity index (χ1) is 8.15. The fraction of sp³-hybridized carbons (Fsp3) is 0.818. The normalized spacial score (nSPS) is 13.1. The summed E-state index contributed by atoms with van der Waals surface area (Å²) >= 11 is 0. The monoisotopic (exact) mass is 267 g/mol. The Hall–Kier alpha value is -1.40. The van der Waals surface area contributed by atoms with Crippen molar-refractivity contribution in [3.8, 4) is 0 Å². The summed E-state index contributed by atoms with van der Waals surface area (Å²) < 4.78 is 33.5. The number of ether oxygens (including phenoxy) is 2. The number of halogens is 2. The van der Waals surface area contributed by atoms with E-state index in [-0.39, 0.29) is 6.42 Å². The van der Waals surface area contributed by atoms with E-state index < -0.39 is 36.6 Å². The average Bonchev–Trinajstić information content (AvgIpc) is 2.20. The molecule has 0 aromatic heterocycles. The Morgan fingerprint density at radius 1 is 1.22 bits per heavy atom. The Morgan fingerprint density at radius 2 is 1.78 bits per heavy atom. The van der Waals surface area contributed by atoms with Gasteiger partial charge in [0.1, 0.15) is 11.6 Å². The molecule has 0 heterocycles. The van der Waals surface area contributed by atoms with Crippen LogP contribution in [0.2, 0.25) is 0 Å². The molecule has 0 aromatic carbocycles. The van der Waals surface area contributed by atoms with Gasteiger partial charge in [-0.25, -0.2) is 18.4 Å². The summed E-state index contributed by atoms with van der Waals surface area (Å²) in [5.41, 5.74) is -0.729. The predicted molar refractivity (Wildman–Crippen MR) is 60.4 cm³/mol. The summed E-state index contributed by atoms with van der Waals surface area (Å²) in [5, 5.41) is 2.21. The Morgan fingerprint density at radius 3 is 2.17 bits per heavy atom. The van der Waals surface area contributed by atoms with Crippen LogP contribution in [-0.4, -0.2) is 37.2 Å². The molecule has 0 spiro atoms. The lowest BCUT2D eigenvalue weighted by Crippen LogP contribution is -2.44. The minimum absolute atomic E-state index is 0.205. The average molecular weight is 267 g/mol. The lowest BCUT2D eigenvalue weighted by Gasteiger charge is -2.22. The summed E-state index contributed by atoms with van der Waals surface area (Å²) in [6, 6.07) is -1.13. The van der Waals surface area contributed by atoms with E-state index in [1.54, 1.807) is 20.8 Å². The summed E-state index contributed by atoms with van der Waals surface area (Å²) in [5.74, 6) is -0.776. The third-order valence-corrected chi connectivity index (χ3v) is 1.85. The first kappa shape index (κ1) is 16.6. The highest BCUT2D eigenvalue weighted by atomic mass is 19.3. The summed E-state index contributed by atoms with van der Waals surface area (Å²) in [4.78, 5) is 22.7. The van der Waals surface area contributed by atoms with Crippen LogP contribution in [0.1, 0.15) is 33.6 Å². The van der Waals surface area contributed by atoms with Crippen molar-refractivity contribution in [2.45, 2.75) is 51.7 Å². The van der Waals surface area contributed by atoms with E-state index in [1.807, 2.05) is 0 Å². The Kier molecular flexibility index (Phi) is 6.57. The van der Waals surface area contributed by atoms with Gasteiger partial charge in [0.05, 0.1) is 7.11 Å². The molecule has 0 rings (SSSR count). The van der Waals surface area contributed by atoms with Gasteiger partial charge in [-0.1, -0.05) is 0 Å². The van der Waals surface area contributed by atoms with Gasteiger partial charge in [0, 0.05) is 6.42 Å². The fourth-order valence-corrected chi connectivity index (χ4v) is 1.13. The van der Waals surface area contributed by atoms with Crippen molar-refractivity contribution in [2.24, 2.45) is 0 Å². The Labute approximate surface area is 105 Å². The molecule has 0 aliphatic carbocycles. The number of carbonyl (C=O) groups excluding carboxylic acids is 2. The van der Waals surface area contributed by atoms with Crippen LogP contribution in [-0.2, 0) is 14.3 Å². The topological polar surface area (TPSA) is 64.6 Å². The maximum atomic E-state index is 12.1. The molecule has 0 fully saturated rings. The SMILES string of the molecule is COC(=O)C(CCC(F)F)NC(=O)OC(C)(C)C. The van der Waals surface area contributed by atoms with Crippen LogP contribution in [0.5, 0.6) is 0 Å². The van der Waals surface area contributed by atoms with Crippen molar-refractivity contribution in [3.05, 3.63) is 0 Å². The summed E-state index contributed by atoms with van der Waals surface area (Å²) in [6.07, 6.45) is -4.09. The summed E-state index contributed by atoms with van der Waals surface area (Å²) in [7, 11) is 1.12. The number of hydrogen-bond donors (Lipinski definition) is 1. The van der Waals surface area contributed by atoms with Crippen LogP contribution in [0.4, 0.5) is 13.6 Å². The molecule has 106 valence electrons. The van der Waals surface area contributed by atoms with Gasteiger partial charge in [0.2, 0.25) is 6.43 Å². The third kappa shape index (κ3) is 7.81. The van der Waals surface area contributed by atoms with Gasteiger partial charge in [-0.05, 0) is 27.2 Å². The third-order valence-electron chi connectivity index (χ3n) is 1.85. The van der Waals surface area contributed by atoms with Crippen molar-refractivity contribution < 1.29 is 27.8 Å². The van der Waals surface area contributed by atoms with Crippen molar-refractivity contribution in [2.75, 3.05) is 7.11 Å². The van der Waals surface area contributed by atoms with Gasteiger partial charge in [-0.15, -0.1) is 0 Å². The van der Waals surface area contributed by atoms with Crippen molar-refractivity contribution in [1.29, 1.82) is 0 Å². The van der Waals surface area contributed by atoms with Gasteiger partial charge in [0.25, 0.3) is 0 Å². The van der Waals surface area contributed by atoms with E-state index in [0.29, 0.717) is 0 Å². The zero-order valence-corrected chi connectivity index (χ0v) is 11.0. The zero-order valence-electron chi connectivity index (χ0n) is 11.0. The molecule has 0 aliphatic heterocycles. The van der Waals surface area contributed by atoms with Crippen LogP contribution in [0, 0.1) is 0 Å². The van der Waals surface area contributed by atoms with Crippen LogP contribution in [0.25, 0.3) is 0 Å². The Bertz CT molecular complexity index is 289. The van der Waals surface area contributed by atoms with E-state index in [4.69, 9.17) is 4.74 Å². The number of alkyl carbamates (subject to hydrolysis) is 1. The number of carbonyl (C=O) groups is 2. The maximum absolute atomic E-state index is 12.1. The fourth-order valence-electron chi connectivity index (χ4n) is 1.13. The molecule has 18 heavy (non-hydrogen) atoms. The second-order valence-corrected chi connectivity index (χ2v) is 4.69. The van der Waals surface area contributed by atoms with Gasteiger partial charge >= 0.3 is 12.1 Å².